The Morgan fingerprint density at radius 2 is 2.15 bits per heavy atom. The van der Waals surface area contributed by atoms with Crippen LogP contribution in [0.5, 0.6) is 0 Å². The fraction of sp³-hybridized carbons (Fsp3) is 0.900. The first kappa shape index (κ1) is 10.5. The Hall–Kier alpha value is -0.570. The van der Waals surface area contributed by atoms with Crippen LogP contribution in [0.25, 0.3) is 0 Å². The van der Waals surface area contributed by atoms with Crippen molar-refractivity contribution in [2.75, 3.05) is 13.2 Å². The van der Waals surface area contributed by atoms with Gasteiger partial charge in [0, 0.05) is 18.4 Å². The zero-order chi connectivity index (χ0) is 9.90. The van der Waals surface area contributed by atoms with Crippen molar-refractivity contribution in [2.45, 2.75) is 33.1 Å². The van der Waals surface area contributed by atoms with Crippen molar-refractivity contribution in [1.29, 1.82) is 5.41 Å². The summed E-state index contributed by atoms with van der Waals surface area (Å²) in [6, 6.07) is 0. The molecule has 0 amide bonds. The Morgan fingerprint density at radius 1 is 1.54 bits per heavy atom. The summed E-state index contributed by atoms with van der Waals surface area (Å²) in [6.07, 6.45) is 3.06. The minimum atomic E-state index is 0.237. The van der Waals surface area contributed by atoms with Gasteiger partial charge in [-0.25, -0.2) is 0 Å². The van der Waals surface area contributed by atoms with Crippen LogP contribution in [0.2, 0.25) is 0 Å². The topological polar surface area (TPSA) is 59.1 Å². The lowest BCUT2D eigenvalue weighted by atomic mass is 10.0. The summed E-state index contributed by atoms with van der Waals surface area (Å²) >= 11 is 0. The van der Waals surface area contributed by atoms with Crippen LogP contribution in [0.4, 0.5) is 0 Å². The molecule has 0 atom stereocenters. The van der Waals surface area contributed by atoms with Crippen LogP contribution in [0, 0.1) is 16.7 Å². The molecule has 3 nitrogen and oxygen atoms in total. The largest absolute Gasteiger partial charge is 0.388 e. The molecular weight excluding hydrogens is 164 g/mol. The lowest BCUT2D eigenvalue weighted by Crippen LogP contribution is -2.21. The van der Waals surface area contributed by atoms with Crippen LogP contribution in [-0.2, 0) is 4.74 Å². The molecule has 0 bridgehead atoms. The molecule has 0 aromatic carbocycles. The number of hydrogen-bond donors (Lipinski definition) is 2. The van der Waals surface area contributed by atoms with Crippen molar-refractivity contribution in [1.82, 2.24) is 0 Å². The maximum atomic E-state index is 7.23. The maximum Gasteiger partial charge on any atom is 0.0911 e. The van der Waals surface area contributed by atoms with Gasteiger partial charge in [-0.05, 0) is 18.8 Å². The molecule has 13 heavy (non-hydrogen) atoms. The first-order valence-corrected chi connectivity index (χ1v) is 4.95. The van der Waals surface area contributed by atoms with Gasteiger partial charge in [-0.1, -0.05) is 13.8 Å². The predicted molar refractivity (Wildman–Crippen MR) is 53.9 cm³/mol. The van der Waals surface area contributed by atoms with Crippen LogP contribution < -0.4 is 5.73 Å². The van der Waals surface area contributed by atoms with E-state index in [-0.39, 0.29) is 5.41 Å². The molecule has 3 N–H and O–H groups in total. The second-order valence-electron chi connectivity index (χ2n) is 4.61. The number of nitrogens with two attached hydrogens (primary N) is 1. The molecule has 0 heterocycles. The molecule has 1 fully saturated rings. The molecule has 0 aromatic heterocycles. The summed E-state index contributed by atoms with van der Waals surface area (Å²) in [4.78, 5) is 0. The predicted octanol–water partition coefficient (Wildman–Crippen LogP) is 1.77. The molecule has 0 aliphatic heterocycles. The Morgan fingerprint density at radius 3 is 2.54 bits per heavy atom. The third-order valence-electron chi connectivity index (χ3n) is 2.38. The Balaban J connectivity index is 2.16. The average Bonchev–Trinajstić information content (AvgIpc) is 2.66. The van der Waals surface area contributed by atoms with Gasteiger partial charge in [-0.2, -0.15) is 0 Å². The van der Waals surface area contributed by atoms with E-state index < -0.39 is 0 Å². The van der Waals surface area contributed by atoms with Crippen LogP contribution in [-0.4, -0.2) is 19.0 Å². The number of amidine groups is 1. The van der Waals surface area contributed by atoms with Gasteiger partial charge in [0.15, 0.2) is 0 Å². The summed E-state index contributed by atoms with van der Waals surface area (Å²) in [5, 5.41) is 7.23. The van der Waals surface area contributed by atoms with Gasteiger partial charge >= 0.3 is 0 Å². The maximum absolute atomic E-state index is 7.23. The van der Waals surface area contributed by atoms with E-state index in [9.17, 15) is 0 Å². The van der Waals surface area contributed by atoms with E-state index in [0.29, 0.717) is 18.2 Å². The molecule has 3 heteroatoms. The third-order valence-corrected chi connectivity index (χ3v) is 2.38. The number of ether oxygens (including phenoxy) is 1. The van der Waals surface area contributed by atoms with Crippen LogP contribution in [0.1, 0.15) is 33.1 Å². The highest BCUT2D eigenvalue weighted by Gasteiger charge is 2.43. The van der Waals surface area contributed by atoms with Crippen molar-refractivity contribution in [3.05, 3.63) is 0 Å². The fourth-order valence-electron chi connectivity index (χ4n) is 1.46. The normalized spacial score (nSPS) is 19.0. The Bertz CT molecular complexity index is 185. The quantitative estimate of drug-likeness (QED) is 0.488. The highest BCUT2D eigenvalue weighted by Crippen LogP contribution is 2.48. The minimum absolute atomic E-state index is 0.237. The van der Waals surface area contributed by atoms with Gasteiger partial charge in [0.25, 0.3) is 0 Å². The van der Waals surface area contributed by atoms with E-state index in [1.165, 1.54) is 12.8 Å². The second-order valence-corrected chi connectivity index (χ2v) is 4.61. The molecule has 0 saturated heterocycles. The highest BCUT2D eigenvalue weighted by atomic mass is 16.5. The van der Waals surface area contributed by atoms with E-state index in [4.69, 9.17) is 15.9 Å². The number of nitrogens with one attached hydrogen (secondary N) is 1. The highest BCUT2D eigenvalue weighted by molar-refractivity contribution is 5.78. The lowest BCUT2D eigenvalue weighted by Gasteiger charge is -2.15. The monoisotopic (exact) mass is 184 g/mol. The summed E-state index contributed by atoms with van der Waals surface area (Å²) in [5.74, 6) is 0.888. The van der Waals surface area contributed by atoms with Crippen molar-refractivity contribution < 1.29 is 4.74 Å². The van der Waals surface area contributed by atoms with Gasteiger partial charge in [-0.3, -0.25) is 5.41 Å². The SMILES string of the molecule is CC(C)COCC1(CC(=N)N)CC1. The van der Waals surface area contributed by atoms with Gasteiger partial charge < -0.3 is 10.5 Å². The molecular formula is C10H20N2O. The van der Waals surface area contributed by atoms with Gasteiger partial charge in [0.2, 0.25) is 0 Å². The molecule has 1 saturated carbocycles. The number of hydrogen-bond acceptors (Lipinski definition) is 2. The molecule has 1 aliphatic carbocycles. The third kappa shape index (κ3) is 3.77. The molecule has 0 radical (unpaired) electrons. The molecule has 1 rings (SSSR count). The van der Waals surface area contributed by atoms with Gasteiger partial charge in [0.1, 0.15) is 0 Å². The zero-order valence-electron chi connectivity index (χ0n) is 8.60. The standard InChI is InChI=1S/C10H20N2O/c1-8(2)6-13-7-10(3-4-10)5-9(11)12/h8H,3-7H2,1-2H3,(H3,11,12). The summed E-state index contributed by atoms with van der Waals surface area (Å²) in [6.45, 7) is 5.89. The van der Waals surface area contributed by atoms with Gasteiger partial charge in [0.05, 0.1) is 12.4 Å². The minimum Gasteiger partial charge on any atom is -0.388 e. The van der Waals surface area contributed by atoms with Crippen molar-refractivity contribution in [3.8, 4) is 0 Å². The molecule has 1 aliphatic rings. The van der Waals surface area contributed by atoms with E-state index in [1.54, 1.807) is 0 Å². The summed E-state index contributed by atoms with van der Waals surface area (Å²) in [5.41, 5.74) is 5.61. The van der Waals surface area contributed by atoms with E-state index in [1.807, 2.05) is 0 Å². The van der Waals surface area contributed by atoms with E-state index in [2.05, 4.69) is 13.8 Å². The second kappa shape index (κ2) is 4.09. The lowest BCUT2D eigenvalue weighted by molar-refractivity contribution is 0.0733. The van der Waals surface area contributed by atoms with Gasteiger partial charge in [-0.15, -0.1) is 0 Å². The fourth-order valence-corrected chi connectivity index (χ4v) is 1.46. The average molecular weight is 184 g/mol. The van der Waals surface area contributed by atoms with Crippen LogP contribution in [0.3, 0.4) is 0 Å². The Labute approximate surface area is 80.2 Å². The Kier molecular flexibility index (Phi) is 3.31. The first-order valence-electron chi connectivity index (χ1n) is 4.95. The van der Waals surface area contributed by atoms with Crippen LogP contribution >= 0.6 is 0 Å². The summed E-state index contributed by atoms with van der Waals surface area (Å²) in [7, 11) is 0. The molecule has 76 valence electrons. The van der Waals surface area contributed by atoms with E-state index >= 15 is 0 Å². The van der Waals surface area contributed by atoms with Crippen molar-refractivity contribution in [3.63, 3.8) is 0 Å². The summed E-state index contributed by atoms with van der Waals surface area (Å²) < 4.78 is 5.57. The molecule has 0 spiro atoms. The van der Waals surface area contributed by atoms with E-state index in [0.717, 1.165) is 13.2 Å². The van der Waals surface area contributed by atoms with Crippen molar-refractivity contribution >= 4 is 5.84 Å². The van der Waals surface area contributed by atoms with Crippen LogP contribution in [0.15, 0.2) is 0 Å². The first-order chi connectivity index (χ1) is 6.04. The smallest absolute Gasteiger partial charge is 0.0911 e. The zero-order valence-corrected chi connectivity index (χ0v) is 8.60. The molecule has 0 unspecified atom stereocenters. The van der Waals surface area contributed by atoms with Crippen molar-refractivity contribution in [2.24, 2.45) is 17.1 Å². The number of rotatable bonds is 6. The molecule has 0 aromatic rings.